The van der Waals surface area contributed by atoms with Crippen molar-refractivity contribution < 1.29 is 4.42 Å². The molecule has 3 heterocycles. The van der Waals surface area contributed by atoms with Gasteiger partial charge in [-0.2, -0.15) is 0 Å². The standard InChI is InChI=1S/C14H6BrN3O2/c15-9-12(19)7-3-1-5-16-10(7)11-13(9)20-8-4-2-6-17-14(8)18-11/h1-6H. The fraction of sp³-hybridized carbons (Fsp3) is 0. The summed E-state index contributed by atoms with van der Waals surface area (Å²) in [5, 5.41) is 0.504. The molecule has 1 aliphatic carbocycles. The monoisotopic (exact) mass is 327 g/mol. The lowest BCUT2D eigenvalue weighted by molar-refractivity contribution is 0.608. The van der Waals surface area contributed by atoms with Gasteiger partial charge in [-0.3, -0.25) is 9.78 Å². The van der Waals surface area contributed by atoms with Crippen molar-refractivity contribution >= 4 is 38.1 Å². The molecule has 0 atom stereocenters. The third-order valence-corrected chi connectivity index (χ3v) is 3.79. The maximum atomic E-state index is 12.3. The average molecular weight is 328 g/mol. The van der Waals surface area contributed by atoms with E-state index in [1.165, 1.54) is 0 Å². The van der Waals surface area contributed by atoms with E-state index in [1.54, 1.807) is 36.7 Å². The first-order valence-electron chi connectivity index (χ1n) is 5.87. The Hall–Kier alpha value is -2.34. The summed E-state index contributed by atoms with van der Waals surface area (Å²) in [6.45, 7) is 0. The summed E-state index contributed by atoms with van der Waals surface area (Å²) in [6.07, 6.45) is 3.27. The molecule has 96 valence electrons. The Kier molecular flexibility index (Phi) is 2.34. The molecule has 0 spiro atoms. The van der Waals surface area contributed by atoms with E-state index in [1.807, 2.05) is 0 Å². The fourth-order valence-corrected chi connectivity index (χ4v) is 2.65. The van der Waals surface area contributed by atoms with E-state index in [9.17, 15) is 4.79 Å². The minimum absolute atomic E-state index is 0.158. The summed E-state index contributed by atoms with van der Waals surface area (Å²) >= 11 is 3.29. The van der Waals surface area contributed by atoms with Gasteiger partial charge in [0.25, 0.3) is 0 Å². The Morgan fingerprint density at radius 3 is 2.80 bits per heavy atom. The smallest absolute Gasteiger partial charge is 0.206 e. The lowest BCUT2D eigenvalue weighted by Gasteiger charge is -2.09. The summed E-state index contributed by atoms with van der Waals surface area (Å²) < 4.78 is 6.11. The van der Waals surface area contributed by atoms with Crippen molar-refractivity contribution in [2.45, 2.75) is 0 Å². The van der Waals surface area contributed by atoms with Gasteiger partial charge in [0.15, 0.2) is 17.0 Å². The molecule has 0 radical (unpaired) electrons. The van der Waals surface area contributed by atoms with E-state index >= 15 is 0 Å². The fourth-order valence-electron chi connectivity index (χ4n) is 2.17. The van der Waals surface area contributed by atoms with Crippen LogP contribution in [-0.2, 0) is 0 Å². The number of benzene rings is 1. The molecular weight excluding hydrogens is 322 g/mol. The number of rotatable bonds is 0. The van der Waals surface area contributed by atoms with Crippen LogP contribution in [0.1, 0.15) is 0 Å². The number of aromatic nitrogens is 3. The Labute approximate surface area is 120 Å². The topological polar surface area (TPSA) is 68.9 Å². The van der Waals surface area contributed by atoms with Crippen molar-refractivity contribution in [2.75, 3.05) is 0 Å². The predicted octanol–water partition coefficient (Wildman–Crippen LogP) is 3.00. The van der Waals surface area contributed by atoms with Gasteiger partial charge in [-0.15, -0.1) is 0 Å². The van der Waals surface area contributed by atoms with Crippen LogP contribution in [0.25, 0.3) is 33.6 Å². The third-order valence-electron chi connectivity index (χ3n) is 3.07. The van der Waals surface area contributed by atoms with Gasteiger partial charge in [0, 0.05) is 12.4 Å². The van der Waals surface area contributed by atoms with Gasteiger partial charge in [-0.25, -0.2) is 9.97 Å². The maximum absolute atomic E-state index is 12.3. The van der Waals surface area contributed by atoms with E-state index in [0.29, 0.717) is 38.1 Å². The molecule has 5 nitrogen and oxygen atoms in total. The van der Waals surface area contributed by atoms with Crippen molar-refractivity contribution in [3.63, 3.8) is 0 Å². The van der Waals surface area contributed by atoms with E-state index in [2.05, 4.69) is 30.9 Å². The molecule has 0 N–H and O–H groups in total. The van der Waals surface area contributed by atoms with E-state index in [-0.39, 0.29) is 5.43 Å². The highest BCUT2D eigenvalue weighted by Crippen LogP contribution is 2.33. The molecule has 2 aliphatic rings. The quantitative estimate of drug-likeness (QED) is 0.367. The zero-order valence-corrected chi connectivity index (χ0v) is 11.6. The Morgan fingerprint density at radius 1 is 1.10 bits per heavy atom. The number of halogens is 1. The minimum atomic E-state index is -0.158. The molecular formula is C14H6BrN3O2. The Bertz CT molecular complexity index is 996. The summed E-state index contributed by atoms with van der Waals surface area (Å²) in [6, 6.07) is 6.95. The van der Waals surface area contributed by atoms with Crippen LogP contribution in [0.15, 0.2) is 50.3 Å². The second kappa shape index (κ2) is 4.08. The lowest BCUT2D eigenvalue weighted by Crippen LogP contribution is -2.08. The van der Waals surface area contributed by atoms with E-state index in [0.717, 1.165) is 0 Å². The van der Waals surface area contributed by atoms with Crippen molar-refractivity contribution in [3.05, 3.63) is 51.4 Å². The van der Waals surface area contributed by atoms with Crippen LogP contribution in [0.3, 0.4) is 0 Å². The van der Waals surface area contributed by atoms with Gasteiger partial charge in [-0.1, -0.05) is 0 Å². The van der Waals surface area contributed by atoms with Crippen LogP contribution >= 0.6 is 15.9 Å². The number of fused-ring (bicyclic) bond motifs is 4. The molecule has 2 aromatic rings. The summed E-state index contributed by atoms with van der Waals surface area (Å²) in [5.74, 6) is 0.390. The van der Waals surface area contributed by atoms with Gasteiger partial charge < -0.3 is 4.42 Å². The molecule has 0 bridgehead atoms. The van der Waals surface area contributed by atoms with Gasteiger partial charge in [0.05, 0.1) is 5.39 Å². The first kappa shape index (κ1) is 11.5. The van der Waals surface area contributed by atoms with Crippen molar-refractivity contribution in [2.24, 2.45) is 0 Å². The largest absolute Gasteiger partial charge is 0.450 e. The molecule has 1 aliphatic heterocycles. The van der Waals surface area contributed by atoms with Crippen molar-refractivity contribution in [1.82, 2.24) is 15.0 Å². The number of nitrogens with zero attached hydrogens (tertiary/aromatic N) is 3. The van der Waals surface area contributed by atoms with Crippen molar-refractivity contribution in [3.8, 4) is 11.5 Å². The highest BCUT2D eigenvalue weighted by molar-refractivity contribution is 9.10. The third kappa shape index (κ3) is 1.48. The van der Waals surface area contributed by atoms with Crippen LogP contribution in [0.2, 0.25) is 0 Å². The Morgan fingerprint density at radius 2 is 1.90 bits per heavy atom. The molecule has 0 fully saturated rings. The normalized spacial score (nSPS) is 11.4. The first-order chi connectivity index (χ1) is 9.75. The number of hydrogen-bond donors (Lipinski definition) is 0. The molecule has 6 heteroatoms. The van der Waals surface area contributed by atoms with Crippen LogP contribution < -0.4 is 5.43 Å². The zero-order chi connectivity index (χ0) is 13.7. The van der Waals surface area contributed by atoms with Gasteiger partial charge >= 0.3 is 0 Å². The molecule has 0 aromatic carbocycles. The zero-order valence-electron chi connectivity index (χ0n) is 10.0. The molecule has 20 heavy (non-hydrogen) atoms. The van der Waals surface area contributed by atoms with E-state index < -0.39 is 0 Å². The predicted molar refractivity (Wildman–Crippen MR) is 77.7 cm³/mol. The molecule has 4 rings (SSSR count). The van der Waals surface area contributed by atoms with E-state index in [4.69, 9.17) is 4.42 Å². The second-order valence-electron chi connectivity index (χ2n) is 4.26. The second-order valence-corrected chi connectivity index (χ2v) is 5.05. The molecule has 2 aromatic heterocycles. The molecule has 0 saturated carbocycles. The highest BCUT2D eigenvalue weighted by atomic mass is 79.9. The van der Waals surface area contributed by atoms with Gasteiger partial charge in [-0.05, 0) is 40.2 Å². The van der Waals surface area contributed by atoms with Gasteiger partial charge in [0.1, 0.15) is 15.7 Å². The van der Waals surface area contributed by atoms with Crippen LogP contribution in [0, 0.1) is 0 Å². The minimum Gasteiger partial charge on any atom is -0.450 e. The Balaban J connectivity index is 2.34. The maximum Gasteiger partial charge on any atom is 0.206 e. The first-order valence-corrected chi connectivity index (χ1v) is 6.67. The van der Waals surface area contributed by atoms with Crippen LogP contribution in [0.4, 0.5) is 0 Å². The molecule has 0 amide bonds. The summed E-state index contributed by atoms with van der Waals surface area (Å²) in [4.78, 5) is 25.2. The van der Waals surface area contributed by atoms with Gasteiger partial charge in [0.2, 0.25) is 5.43 Å². The summed E-state index contributed by atoms with van der Waals surface area (Å²) in [5.41, 5.74) is 1.90. The summed E-state index contributed by atoms with van der Waals surface area (Å²) in [7, 11) is 0. The van der Waals surface area contributed by atoms with Crippen LogP contribution in [-0.4, -0.2) is 15.0 Å². The van der Waals surface area contributed by atoms with Crippen LogP contribution in [0.5, 0.6) is 0 Å². The lowest BCUT2D eigenvalue weighted by atomic mass is 10.1. The number of hydrogen-bond acceptors (Lipinski definition) is 5. The average Bonchev–Trinajstić information content (AvgIpc) is 2.51. The molecule has 0 unspecified atom stereocenters. The highest BCUT2D eigenvalue weighted by Gasteiger charge is 2.21. The van der Waals surface area contributed by atoms with Crippen molar-refractivity contribution in [1.29, 1.82) is 0 Å². The SMILES string of the molecule is O=c1c(Br)c2oc3cccnc3nc-2c2ncccc12. The number of pyridine rings is 2. The molecule has 0 saturated heterocycles.